The van der Waals surface area contributed by atoms with E-state index in [1.165, 1.54) is 12.1 Å². The van der Waals surface area contributed by atoms with Crippen molar-refractivity contribution in [3.63, 3.8) is 0 Å². The number of aromatic nitrogens is 4. The first-order chi connectivity index (χ1) is 14.7. The third-order valence-corrected chi connectivity index (χ3v) is 4.64. The molecule has 0 saturated heterocycles. The van der Waals surface area contributed by atoms with Crippen molar-refractivity contribution in [3.05, 3.63) is 47.9 Å². The molecule has 0 saturated carbocycles. The molecular formula is C19H19F3N6O3. The zero-order valence-corrected chi connectivity index (χ0v) is 16.6. The van der Waals surface area contributed by atoms with Crippen LogP contribution in [0.5, 0.6) is 5.75 Å². The number of rotatable bonds is 4. The average molecular weight is 436 g/mol. The van der Waals surface area contributed by atoms with Crippen LogP contribution in [0.4, 0.5) is 18.0 Å². The number of hydrogen-bond donors (Lipinski definition) is 2. The van der Waals surface area contributed by atoms with E-state index in [9.17, 15) is 18.0 Å². The number of imidazole rings is 1. The third-order valence-electron chi connectivity index (χ3n) is 4.64. The molecule has 1 atom stereocenters. The van der Waals surface area contributed by atoms with Gasteiger partial charge in [-0.2, -0.15) is 4.98 Å². The highest BCUT2D eigenvalue weighted by Gasteiger charge is 2.36. The van der Waals surface area contributed by atoms with Gasteiger partial charge >= 0.3 is 12.4 Å². The van der Waals surface area contributed by atoms with Crippen LogP contribution in [0.15, 0.2) is 35.1 Å². The molecule has 1 aliphatic heterocycles. The van der Waals surface area contributed by atoms with Gasteiger partial charge in [-0.1, -0.05) is 5.16 Å². The zero-order chi connectivity index (χ0) is 22.2. The lowest BCUT2D eigenvalue weighted by atomic mass is 10.0. The number of urea groups is 1. The molecule has 31 heavy (non-hydrogen) atoms. The van der Waals surface area contributed by atoms with Gasteiger partial charge in [0.05, 0.1) is 24.3 Å². The molecule has 2 N–H and O–H groups in total. The fraction of sp³-hybridized carbons (Fsp3) is 0.368. The van der Waals surface area contributed by atoms with Gasteiger partial charge in [-0.05, 0) is 38.1 Å². The minimum atomic E-state index is -4.77. The van der Waals surface area contributed by atoms with E-state index in [0.717, 1.165) is 23.5 Å². The molecule has 1 aromatic carbocycles. The van der Waals surface area contributed by atoms with Gasteiger partial charge in [0.15, 0.2) is 0 Å². The van der Waals surface area contributed by atoms with Crippen molar-refractivity contribution in [1.82, 2.24) is 30.3 Å². The number of alkyl halides is 3. The van der Waals surface area contributed by atoms with Gasteiger partial charge in [0, 0.05) is 18.0 Å². The number of aromatic amines is 1. The highest BCUT2D eigenvalue weighted by Crippen LogP contribution is 2.32. The van der Waals surface area contributed by atoms with Crippen molar-refractivity contribution < 1.29 is 27.2 Å². The number of amides is 2. The van der Waals surface area contributed by atoms with E-state index in [-0.39, 0.29) is 29.5 Å². The van der Waals surface area contributed by atoms with Gasteiger partial charge in [-0.25, -0.2) is 9.78 Å². The maximum absolute atomic E-state index is 12.7. The Morgan fingerprint density at radius 3 is 2.74 bits per heavy atom. The summed E-state index contributed by atoms with van der Waals surface area (Å²) >= 11 is 0. The first-order valence-electron chi connectivity index (χ1n) is 9.47. The van der Waals surface area contributed by atoms with Gasteiger partial charge in [0.25, 0.3) is 0 Å². The monoisotopic (exact) mass is 436 g/mol. The fourth-order valence-corrected chi connectivity index (χ4v) is 3.29. The number of benzene rings is 1. The molecule has 4 rings (SSSR count). The molecule has 0 fully saturated rings. The quantitative estimate of drug-likeness (QED) is 0.647. The summed E-state index contributed by atoms with van der Waals surface area (Å²) in [4.78, 5) is 26.0. The van der Waals surface area contributed by atoms with Crippen LogP contribution < -0.4 is 10.1 Å². The minimum Gasteiger partial charge on any atom is -0.406 e. The molecule has 12 heteroatoms. The highest BCUT2D eigenvalue weighted by atomic mass is 19.4. The Balaban J connectivity index is 1.58. The van der Waals surface area contributed by atoms with Crippen LogP contribution in [0, 0.1) is 0 Å². The van der Waals surface area contributed by atoms with Gasteiger partial charge in [-0.15, -0.1) is 13.2 Å². The molecule has 2 aromatic heterocycles. The lowest BCUT2D eigenvalue weighted by molar-refractivity contribution is -0.274. The summed E-state index contributed by atoms with van der Waals surface area (Å²) < 4.78 is 46.3. The van der Waals surface area contributed by atoms with E-state index in [2.05, 4.69) is 30.2 Å². The first kappa shape index (κ1) is 20.7. The number of carbonyl (C=O) groups is 1. The molecule has 1 unspecified atom stereocenters. The topological polar surface area (TPSA) is 109 Å². The summed E-state index contributed by atoms with van der Waals surface area (Å²) in [5.74, 6) is 0.0404. The van der Waals surface area contributed by atoms with Crippen molar-refractivity contribution in [1.29, 1.82) is 0 Å². The largest absolute Gasteiger partial charge is 0.573 e. The SMILES string of the molecule is CC(C)NC(=O)N1Cc2[nH]cnc2CC1c1nc(-c2ccc(OC(F)(F)F)cc2)no1. The van der Waals surface area contributed by atoms with E-state index < -0.39 is 12.4 Å². The van der Waals surface area contributed by atoms with Gasteiger partial charge in [0.1, 0.15) is 11.8 Å². The second-order valence-corrected chi connectivity index (χ2v) is 7.31. The van der Waals surface area contributed by atoms with Crippen LogP contribution in [0.3, 0.4) is 0 Å². The molecule has 0 aliphatic carbocycles. The molecule has 3 heterocycles. The van der Waals surface area contributed by atoms with Crippen molar-refractivity contribution in [2.24, 2.45) is 0 Å². The molecule has 2 amide bonds. The van der Waals surface area contributed by atoms with Crippen molar-refractivity contribution in [2.75, 3.05) is 0 Å². The fourth-order valence-electron chi connectivity index (χ4n) is 3.29. The second-order valence-electron chi connectivity index (χ2n) is 7.31. The van der Waals surface area contributed by atoms with Crippen LogP contribution in [0.2, 0.25) is 0 Å². The number of halogens is 3. The maximum Gasteiger partial charge on any atom is 0.573 e. The Kier molecular flexibility index (Phi) is 5.29. The van der Waals surface area contributed by atoms with Crippen LogP contribution >= 0.6 is 0 Å². The number of carbonyl (C=O) groups excluding carboxylic acids is 1. The number of H-pyrrole nitrogens is 1. The molecule has 0 radical (unpaired) electrons. The Labute approximate surface area is 174 Å². The third kappa shape index (κ3) is 4.62. The molecule has 9 nitrogen and oxygen atoms in total. The molecule has 3 aromatic rings. The summed E-state index contributed by atoms with van der Waals surface area (Å²) in [5, 5.41) is 6.78. The molecule has 0 spiro atoms. The number of hydrogen-bond acceptors (Lipinski definition) is 6. The normalized spacial score (nSPS) is 16.3. The molecular weight excluding hydrogens is 417 g/mol. The second kappa shape index (κ2) is 7.93. The lowest BCUT2D eigenvalue weighted by Gasteiger charge is -2.33. The molecule has 0 bridgehead atoms. The maximum atomic E-state index is 12.7. The Morgan fingerprint density at radius 2 is 2.06 bits per heavy atom. The van der Waals surface area contributed by atoms with Crippen molar-refractivity contribution in [3.8, 4) is 17.1 Å². The number of nitrogens with zero attached hydrogens (tertiary/aromatic N) is 4. The Hall–Kier alpha value is -3.57. The lowest BCUT2D eigenvalue weighted by Crippen LogP contribution is -2.46. The average Bonchev–Trinajstić information content (AvgIpc) is 3.35. The minimum absolute atomic E-state index is 0.0630. The van der Waals surface area contributed by atoms with E-state index in [1.807, 2.05) is 13.8 Å². The number of fused-ring (bicyclic) bond motifs is 1. The Morgan fingerprint density at radius 1 is 1.32 bits per heavy atom. The summed E-state index contributed by atoms with van der Waals surface area (Å²) in [6.07, 6.45) is -2.83. The first-order valence-corrected chi connectivity index (χ1v) is 9.47. The summed E-state index contributed by atoms with van der Waals surface area (Å²) in [6.45, 7) is 4.00. The molecule has 164 valence electrons. The van der Waals surface area contributed by atoms with Gasteiger partial charge < -0.3 is 24.5 Å². The predicted octanol–water partition coefficient (Wildman–Crippen LogP) is 3.58. The Bertz CT molecular complexity index is 1060. The van der Waals surface area contributed by atoms with Crippen LogP contribution in [0.1, 0.15) is 37.2 Å². The van der Waals surface area contributed by atoms with Crippen LogP contribution in [-0.4, -0.2) is 43.4 Å². The smallest absolute Gasteiger partial charge is 0.406 e. The van der Waals surface area contributed by atoms with E-state index >= 15 is 0 Å². The predicted molar refractivity (Wildman–Crippen MR) is 101 cm³/mol. The van der Waals surface area contributed by atoms with Crippen LogP contribution in [0.25, 0.3) is 11.4 Å². The van der Waals surface area contributed by atoms with Crippen LogP contribution in [-0.2, 0) is 13.0 Å². The van der Waals surface area contributed by atoms with E-state index in [1.54, 1.807) is 11.2 Å². The number of ether oxygens (including phenoxy) is 1. The van der Waals surface area contributed by atoms with Gasteiger partial charge in [0.2, 0.25) is 11.7 Å². The standard InChI is InChI=1S/C19H19F3N6O3/c1-10(2)25-18(29)28-8-14-13(23-9-24-14)7-15(28)17-26-16(27-31-17)11-3-5-12(6-4-11)30-19(20,21)22/h3-6,9-10,15H,7-8H2,1-2H3,(H,23,24)(H,25,29). The van der Waals surface area contributed by atoms with E-state index in [4.69, 9.17) is 4.52 Å². The van der Waals surface area contributed by atoms with Gasteiger partial charge in [-0.3, -0.25) is 0 Å². The highest BCUT2D eigenvalue weighted by molar-refractivity contribution is 5.75. The molecule has 1 aliphatic rings. The summed E-state index contributed by atoms with van der Waals surface area (Å²) in [5.41, 5.74) is 2.07. The zero-order valence-electron chi connectivity index (χ0n) is 16.6. The summed E-state index contributed by atoms with van der Waals surface area (Å²) in [7, 11) is 0. The van der Waals surface area contributed by atoms with Crippen molar-refractivity contribution in [2.45, 2.75) is 45.3 Å². The number of nitrogens with one attached hydrogen (secondary N) is 2. The van der Waals surface area contributed by atoms with Crippen molar-refractivity contribution >= 4 is 6.03 Å². The summed E-state index contributed by atoms with van der Waals surface area (Å²) in [6, 6.07) is 4.23. The van der Waals surface area contributed by atoms with E-state index in [0.29, 0.717) is 18.5 Å².